The number of rotatable bonds is 5. The van der Waals surface area contributed by atoms with Crippen molar-refractivity contribution in [2.45, 2.75) is 57.4 Å². The predicted molar refractivity (Wildman–Crippen MR) is 112 cm³/mol. The van der Waals surface area contributed by atoms with Crippen molar-refractivity contribution in [1.82, 2.24) is 10.6 Å². The minimum atomic E-state index is -0.899. The molecule has 2 saturated carbocycles. The Balaban J connectivity index is 0.000000311. The number of methoxy groups -OCH3 is 2. The van der Waals surface area contributed by atoms with Gasteiger partial charge >= 0.3 is 24.1 Å². The average Bonchev–Trinajstić information content (AvgIpc) is 2.74. The Kier molecular flexibility index (Phi) is 11.8. The van der Waals surface area contributed by atoms with Crippen LogP contribution in [0.1, 0.15) is 51.4 Å². The van der Waals surface area contributed by atoms with Gasteiger partial charge in [-0.2, -0.15) is 0 Å². The minimum absolute atomic E-state index is 0.100. The standard InChI is InChI=1S/C11H17NO4.C10H15NO4/c1-16-11(15)12-7-9-4-2-8(3-5-9)6-10(13)14;1-15-10(14)11-8-4-2-7(3-5-8)6-9(12)13/h6,9H,2-5,7H2,1H3,(H,12,15)(H,13,14);6,8H,2-5H2,1H3,(H,11,14)(H,12,13). The Morgan fingerprint density at radius 1 is 0.839 bits per heavy atom. The van der Waals surface area contributed by atoms with E-state index >= 15 is 0 Å². The zero-order chi connectivity index (χ0) is 23.2. The topological polar surface area (TPSA) is 151 Å². The largest absolute Gasteiger partial charge is 0.478 e. The van der Waals surface area contributed by atoms with Crippen LogP contribution < -0.4 is 10.6 Å². The molecular formula is C21H32N2O8. The summed E-state index contributed by atoms with van der Waals surface area (Å²) in [5, 5.41) is 22.5. The fourth-order valence-corrected chi connectivity index (χ4v) is 3.55. The summed E-state index contributed by atoms with van der Waals surface area (Å²) in [5.41, 5.74) is 1.92. The Bertz CT molecular complexity index is 681. The maximum atomic E-state index is 10.9. The summed E-state index contributed by atoms with van der Waals surface area (Å²) in [6, 6.07) is 0.100. The third-order valence-electron chi connectivity index (χ3n) is 5.26. The highest BCUT2D eigenvalue weighted by Gasteiger charge is 2.19. The molecule has 0 bridgehead atoms. The summed E-state index contributed by atoms with van der Waals surface area (Å²) >= 11 is 0. The van der Waals surface area contributed by atoms with Gasteiger partial charge in [-0.25, -0.2) is 19.2 Å². The Morgan fingerprint density at radius 3 is 1.71 bits per heavy atom. The van der Waals surface area contributed by atoms with Gasteiger partial charge in [-0.05, 0) is 57.3 Å². The molecule has 0 aromatic heterocycles. The molecule has 2 fully saturated rings. The van der Waals surface area contributed by atoms with Crippen LogP contribution in [0.5, 0.6) is 0 Å². The second kappa shape index (κ2) is 14.1. The van der Waals surface area contributed by atoms with Crippen LogP contribution in [0.25, 0.3) is 0 Å². The van der Waals surface area contributed by atoms with Crippen molar-refractivity contribution in [2.24, 2.45) is 5.92 Å². The number of carbonyl (C=O) groups is 4. The number of amides is 2. The molecule has 2 aliphatic carbocycles. The molecule has 10 heteroatoms. The lowest BCUT2D eigenvalue weighted by Crippen LogP contribution is -2.36. The van der Waals surface area contributed by atoms with E-state index in [0.29, 0.717) is 12.5 Å². The first-order valence-corrected chi connectivity index (χ1v) is 10.2. The first kappa shape index (κ1) is 26.0. The molecule has 4 N–H and O–H groups in total. The number of carboxylic acids is 2. The van der Waals surface area contributed by atoms with Crippen molar-refractivity contribution in [3.05, 3.63) is 23.3 Å². The molecule has 0 aromatic rings. The number of ether oxygens (including phenoxy) is 2. The Morgan fingerprint density at radius 2 is 1.29 bits per heavy atom. The van der Waals surface area contributed by atoms with Gasteiger partial charge in [0.15, 0.2) is 0 Å². The third-order valence-corrected chi connectivity index (χ3v) is 5.26. The van der Waals surface area contributed by atoms with E-state index in [1.807, 2.05) is 0 Å². The Hall–Kier alpha value is -3.04. The van der Waals surface area contributed by atoms with Gasteiger partial charge in [0.1, 0.15) is 0 Å². The quantitative estimate of drug-likeness (QED) is 0.476. The number of hydrogen-bond acceptors (Lipinski definition) is 6. The van der Waals surface area contributed by atoms with Crippen LogP contribution in [0.2, 0.25) is 0 Å². The maximum Gasteiger partial charge on any atom is 0.407 e. The van der Waals surface area contributed by atoms with Gasteiger partial charge in [-0.3, -0.25) is 0 Å². The van der Waals surface area contributed by atoms with Crippen molar-refractivity contribution >= 4 is 24.1 Å². The lowest BCUT2D eigenvalue weighted by Gasteiger charge is -2.23. The number of nitrogens with one attached hydrogen (secondary N) is 2. The van der Waals surface area contributed by atoms with Gasteiger partial charge in [0.05, 0.1) is 14.2 Å². The fraction of sp³-hybridized carbons (Fsp3) is 0.619. The predicted octanol–water partition coefficient (Wildman–Crippen LogP) is 2.84. The molecule has 174 valence electrons. The lowest BCUT2D eigenvalue weighted by atomic mass is 9.85. The average molecular weight is 440 g/mol. The van der Waals surface area contributed by atoms with Crippen LogP contribution >= 0.6 is 0 Å². The van der Waals surface area contributed by atoms with Crippen molar-refractivity contribution < 1.29 is 38.9 Å². The number of allylic oxidation sites excluding steroid dienone is 2. The van der Waals surface area contributed by atoms with Crippen molar-refractivity contribution in [2.75, 3.05) is 20.8 Å². The molecule has 0 unspecified atom stereocenters. The molecule has 2 amide bonds. The molecule has 2 aliphatic rings. The van der Waals surface area contributed by atoms with Gasteiger partial charge in [-0.15, -0.1) is 0 Å². The number of alkyl carbamates (subject to hydrolysis) is 2. The molecule has 0 aromatic carbocycles. The van der Waals surface area contributed by atoms with Crippen LogP contribution in [-0.2, 0) is 19.1 Å². The van der Waals surface area contributed by atoms with E-state index in [-0.39, 0.29) is 6.04 Å². The molecule has 10 nitrogen and oxygen atoms in total. The molecule has 0 radical (unpaired) electrons. The molecule has 2 rings (SSSR count). The van der Waals surface area contributed by atoms with E-state index in [4.69, 9.17) is 10.2 Å². The summed E-state index contributed by atoms with van der Waals surface area (Å²) in [5.74, 6) is -1.35. The number of aliphatic carboxylic acids is 2. The second-order valence-electron chi connectivity index (χ2n) is 7.51. The van der Waals surface area contributed by atoms with Crippen molar-refractivity contribution in [3.63, 3.8) is 0 Å². The molecule has 0 atom stereocenters. The SMILES string of the molecule is COC(=O)NC1CCC(=CC(=O)O)CC1.COC(=O)NCC1CCC(=CC(=O)O)CC1. The molecule has 0 aliphatic heterocycles. The fourth-order valence-electron chi connectivity index (χ4n) is 3.55. The first-order chi connectivity index (χ1) is 14.7. The number of carbonyl (C=O) groups excluding carboxylic acids is 2. The van der Waals surface area contributed by atoms with Crippen molar-refractivity contribution in [1.29, 1.82) is 0 Å². The number of carboxylic acid groups (broad SMARTS) is 2. The summed E-state index contributed by atoms with van der Waals surface area (Å²) in [7, 11) is 2.66. The van der Waals surface area contributed by atoms with Crippen molar-refractivity contribution in [3.8, 4) is 0 Å². The molecule has 31 heavy (non-hydrogen) atoms. The highest BCUT2D eigenvalue weighted by atomic mass is 16.5. The van der Waals surface area contributed by atoms with E-state index in [9.17, 15) is 19.2 Å². The summed E-state index contributed by atoms with van der Waals surface area (Å²) in [4.78, 5) is 42.6. The van der Waals surface area contributed by atoms with Gasteiger partial charge in [0, 0.05) is 24.7 Å². The van der Waals surface area contributed by atoms with E-state index in [1.165, 1.54) is 26.4 Å². The smallest absolute Gasteiger partial charge is 0.407 e. The first-order valence-electron chi connectivity index (χ1n) is 10.2. The third kappa shape index (κ3) is 11.7. The summed E-state index contributed by atoms with van der Waals surface area (Å²) < 4.78 is 8.96. The van der Waals surface area contributed by atoms with Gasteiger partial charge in [-0.1, -0.05) is 11.1 Å². The minimum Gasteiger partial charge on any atom is -0.478 e. The molecule has 0 spiro atoms. The van der Waals surface area contributed by atoms with Gasteiger partial charge < -0.3 is 30.3 Å². The van der Waals surface area contributed by atoms with Crippen LogP contribution in [0, 0.1) is 5.92 Å². The molecular weight excluding hydrogens is 408 g/mol. The van der Waals surface area contributed by atoms with Crippen LogP contribution in [-0.4, -0.2) is 61.1 Å². The lowest BCUT2D eigenvalue weighted by molar-refractivity contribution is -0.132. The monoisotopic (exact) mass is 440 g/mol. The van der Waals surface area contributed by atoms with E-state index in [0.717, 1.165) is 62.5 Å². The summed E-state index contributed by atoms with van der Waals surface area (Å²) in [6.07, 6.45) is 8.16. The van der Waals surface area contributed by atoms with Gasteiger partial charge in [0.25, 0.3) is 0 Å². The zero-order valence-corrected chi connectivity index (χ0v) is 18.0. The van der Waals surface area contributed by atoms with Crippen LogP contribution in [0.3, 0.4) is 0 Å². The Labute approximate surface area is 181 Å². The van der Waals surface area contributed by atoms with E-state index in [2.05, 4.69) is 20.1 Å². The van der Waals surface area contributed by atoms with E-state index < -0.39 is 24.1 Å². The molecule has 0 heterocycles. The summed E-state index contributed by atoms with van der Waals surface area (Å²) in [6.45, 7) is 0.604. The zero-order valence-electron chi connectivity index (χ0n) is 18.0. The van der Waals surface area contributed by atoms with Gasteiger partial charge in [0.2, 0.25) is 0 Å². The highest BCUT2D eigenvalue weighted by Crippen LogP contribution is 2.27. The van der Waals surface area contributed by atoms with Crippen LogP contribution in [0.15, 0.2) is 23.3 Å². The maximum absolute atomic E-state index is 10.9. The normalized spacial score (nSPS) is 20.3. The van der Waals surface area contributed by atoms with Crippen LogP contribution in [0.4, 0.5) is 9.59 Å². The number of hydrogen-bond donors (Lipinski definition) is 4. The van der Waals surface area contributed by atoms with E-state index in [1.54, 1.807) is 0 Å². The highest BCUT2D eigenvalue weighted by molar-refractivity contribution is 5.81. The molecule has 0 saturated heterocycles. The second-order valence-corrected chi connectivity index (χ2v) is 7.51.